The molecule has 1 fully saturated rings. The second-order valence-electron chi connectivity index (χ2n) is 5.41. The van der Waals surface area contributed by atoms with Crippen molar-refractivity contribution < 1.29 is 0 Å². The molecule has 2 rings (SSSR count). The maximum Gasteiger partial charge on any atom is 0.0656 e. The molecule has 1 atom stereocenters. The molecule has 1 N–H and O–H groups in total. The standard InChI is InChI=1S/C15H24INS/c1-3-11-5-7-12(8-6-11)15(17-4-2)13-9-14(16)18-10-13/h9-12,15,17H,3-8H2,1-2H3. The van der Waals surface area contributed by atoms with Crippen LogP contribution in [0.3, 0.4) is 0 Å². The second kappa shape index (κ2) is 7.25. The highest BCUT2D eigenvalue weighted by molar-refractivity contribution is 14.1. The molecule has 18 heavy (non-hydrogen) atoms. The lowest BCUT2D eigenvalue weighted by Gasteiger charge is -2.34. The average Bonchev–Trinajstić information content (AvgIpc) is 2.82. The number of halogens is 1. The fourth-order valence-electron chi connectivity index (χ4n) is 3.19. The van der Waals surface area contributed by atoms with E-state index in [2.05, 4.69) is 53.2 Å². The molecule has 0 saturated heterocycles. The first-order valence-electron chi connectivity index (χ1n) is 7.21. The molecule has 0 amide bonds. The molecule has 1 saturated carbocycles. The van der Waals surface area contributed by atoms with Crippen molar-refractivity contribution in [2.45, 2.75) is 52.0 Å². The minimum atomic E-state index is 0.590. The summed E-state index contributed by atoms with van der Waals surface area (Å²) < 4.78 is 1.41. The molecule has 1 aromatic heterocycles. The number of thiophene rings is 1. The molecule has 0 bridgehead atoms. The van der Waals surface area contributed by atoms with Crippen LogP contribution in [0.4, 0.5) is 0 Å². The Bertz CT molecular complexity index is 355. The smallest absolute Gasteiger partial charge is 0.0656 e. The van der Waals surface area contributed by atoms with Gasteiger partial charge in [-0.3, -0.25) is 0 Å². The van der Waals surface area contributed by atoms with Gasteiger partial charge < -0.3 is 5.32 Å². The van der Waals surface area contributed by atoms with E-state index >= 15 is 0 Å². The summed E-state index contributed by atoms with van der Waals surface area (Å²) in [4.78, 5) is 0. The molecule has 1 aliphatic rings. The van der Waals surface area contributed by atoms with Crippen molar-refractivity contribution in [3.63, 3.8) is 0 Å². The van der Waals surface area contributed by atoms with Crippen LogP contribution in [-0.2, 0) is 0 Å². The molecular weight excluding hydrogens is 353 g/mol. The van der Waals surface area contributed by atoms with Gasteiger partial charge in [0, 0.05) is 6.04 Å². The van der Waals surface area contributed by atoms with Gasteiger partial charge in [-0.05, 0) is 70.8 Å². The van der Waals surface area contributed by atoms with Crippen LogP contribution in [0.2, 0.25) is 0 Å². The van der Waals surface area contributed by atoms with E-state index < -0.39 is 0 Å². The van der Waals surface area contributed by atoms with Gasteiger partial charge in [0.25, 0.3) is 0 Å². The van der Waals surface area contributed by atoms with E-state index in [4.69, 9.17) is 0 Å². The van der Waals surface area contributed by atoms with Crippen molar-refractivity contribution in [2.24, 2.45) is 11.8 Å². The van der Waals surface area contributed by atoms with Gasteiger partial charge in [0.1, 0.15) is 0 Å². The van der Waals surface area contributed by atoms with Gasteiger partial charge in [0.15, 0.2) is 0 Å². The first kappa shape index (κ1) is 14.8. The Morgan fingerprint density at radius 3 is 2.56 bits per heavy atom. The van der Waals surface area contributed by atoms with Gasteiger partial charge in [0.2, 0.25) is 0 Å². The van der Waals surface area contributed by atoms with Crippen molar-refractivity contribution in [2.75, 3.05) is 6.54 Å². The molecule has 0 aromatic carbocycles. The number of rotatable bonds is 5. The number of hydrogen-bond donors (Lipinski definition) is 1. The topological polar surface area (TPSA) is 12.0 Å². The summed E-state index contributed by atoms with van der Waals surface area (Å²) >= 11 is 4.31. The Morgan fingerprint density at radius 1 is 1.33 bits per heavy atom. The lowest BCUT2D eigenvalue weighted by molar-refractivity contribution is 0.220. The molecule has 1 aromatic rings. The minimum Gasteiger partial charge on any atom is -0.310 e. The summed E-state index contributed by atoms with van der Waals surface area (Å²) in [6, 6.07) is 2.96. The summed E-state index contributed by atoms with van der Waals surface area (Å²) in [6.45, 7) is 5.64. The van der Waals surface area contributed by atoms with Gasteiger partial charge in [-0.2, -0.15) is 0 Å². The fraction of sp³-hybridized carbons (Fsp3) is 0.733. The molecule has 1 nitrogen and oxygen atoms in total. The average molecular weight is 377 g/mol. The lowest BCUT2D eigenvalue weighted by Crippen LogP contribution is -2.30. The van der Waals surface area contributed by atoms with Gasteiger partial charge in [-0.25, -0.2) is 0 Å². The highest BCUT2D eigenvalue weighted by Crippen LogP contribution is 2.39. The Hall–Kier alpha value is 0.390. The summed E-state index contributed by atoms with van der Waals surface area (Å²) in [6.07, 6.45) is 7.05. The van der Waals surface area contributed by atoms with Crippen LogP contribution in [0.25, 0.3) is 0 Å². The van der Waals surface area contributed by atoms with Gasteiger partial charge >= 0.3 is 0 Å². The Labute approximate surface area is 129 Å². The summed E-state index contributed by atoms with van der Waals surface area (Å²) in [7, 11) is 0. The summed E-state index contributed by atoms with van der Waals surface area (Å²) in [5, 5.41) is 6.07. The highest BCUT2D eigenvalue weighted by Gasteiger charge is 2.27. The summed E-state index contributed by atoms with van der Waals surface area (Å²) in [5.74, 6) is 1.84. The molecule has 0 radical (unpaired) electrons. The minimum absolute atomic E-state index is 0.590. The zero-order valence-electron chi connectivity index (χ0n) is 11.4. The van der Waals surface area contributed by atoms with Crippen molar-refractivity contribution in [3.05, 3.63) is 19.9 Å². The summed E-state index contributed by atoms with van der Waals surface area (Å²) in [5.41, 5.74) is 1.52. The van der Waals surface area contributed by atoms with Crippen molar-refractivity contribution in [3.8, 4) is 0 Å². The van der Waals surface area contributed by atoms with E-state index in [0.29, 0.717) is 6.04 Å². The SMILES string of the molecule is CCNC(c1csc(I)c1)C1CCC(CC)CC1. The van der Waals surface area contributed by atoms with E-state index in [1.165, 1.54) is 40.6 Å². The van der Waals surface area contributed by atoms with Crippen LogP contribution in [0, 0.1) is 14.7 Å². The quantitative estimate of drug-likeness (QED) is 0.694. The van der Waals surface area contributed by atoms with Crippen molar-refractivity contribution in [1.82, 2.24) is 5.32 Å². The highest BCUT2D eigenvalue weighted by atomic mass is 127. The largest absolute Gasteiger partial charge is 0.310 e. The van der Waals surface area contributed by atoms with Crippen LogP contribution in [0.5, 0.6) is 0 Å². The second-order valence-corrected chi connectivity index (χ2v) is 8.21. The molecule has 102 valence electrons. The lowest BCUT2D eigenvalue weighted by atomic mass is 9.76. The van der Waals surface area contributed by atoms with E-state index in [9.17, 15) is 0 Å². The first-order chi connectivity index (χ1) is 8.74. The van der Waals surface area contributed by atoms with Crippen LogP contribution >= 0.6 is 33.9 Å². The monoisotopic (exact) mass is 377 g/mol. The van der Waals surface area contributed by atoms with Crippen LogP contribution in [0.1, 0.15) is 57.6 Å². The number of nitrogens with one attached hydrogen (secondary N) is 1. The Balaban J connectivity index is 2.02. The normalized spacial score (nSPS) is 26.2. The van der Waals surface area contributed by atoms with Gasteiger partial charge in [-0.15, -0.1) is 11.3 Å². The molecular formula is C15H24INS. The maximum absolute atomic E-state index is 3.72. The maximum atomic E-state index is 3.72. The third kappa shape index (κ3) is 3.70. The van der Waals surface area contributed by atoms with Crippen LogP contribution < -0.4 is 5.32 Å². The third-order valence-corrected chi connectivity index (χ3v) is 6.12. The first-order valence-corrected chi connectivity index (χ1v) is 9.17. The molecule has 3 heteroatoms. The van der Waals surface area contributed by atoms with E-state index in [-0.39, 0.29) is 0 Å². The van der Waals surface area contributed by atoms with E-state index in [1.807, 2.05) is 11.3 Å². The Kier molecular flexibility index (Phi) is 5.96. The predicted molar refractivity (Wildman–Crippen MR) is 89.2 cm³/mol. The fourth-order valence-corrected chi connectivity index (χ4v) is 4.60. The third-order valence-electron chi connectivity index (χ3n) is 4.31. The molecule has 1 unspecified atom stereocenters. The zero-order valence-corrected chi connectivity index (χ0v) is 14.4. The van der Waals surface area contributed by atoms with Gasteiger partial charge in [0.05, 0.1) is 2.88 Å². The molecule has 0 aliphatic heterocycles. The number of hydrogen-bond acceptors (Lipinski definition) is 2. The zero-order chi connectivity index (χ0) is 13.0. The molecule has 0 spiro atoms. The molecule has 1 heterocycles. The van der Waals surface area contributed by atoms with Crippen LogP contribution in [0.15, 0.2) is 11.4 Å². The van der Waals surface area contributed by atoms with Crippen LogP contribution in [-0.4, -0.2) is 6.54 Å². The molecule has 1 aliphatic carbocycles. The van der Waals surface area contributed by atoms with E-state index in [1.54, 1.807) is 0 Å². The van der Waals surface area contributed by atoms with Crippen molar-refractivity contribution in [1.29, 1.82) is 0 Å². The van der Waals surface area contributed by atoms with Gasteiger partial charge in [-0.1, -0.05) is 33.1 Å². The van der Waals surface area contributed by atoms with E-state index in [0.717, 1.165) is 18.4 Å². The predicted octanol–water partition coefficient (Wildman–Crippen LogP) is 5.22. The Morgan fingerprint density at radius 2 is 2.06 bits per heavy atom. The van der Waals surface area contributed by atoms with Crippen molar-refractivity contribution >= 4 is 33.9 Å².